The lowest BCUT2D eigenvalue weighted by Gasteiger charge is -2.34. The Kier molecular flexibility index (Phi) is 4.27. The number of carbonyl (C=O) groups is 1. The summed E-state index contributed by atoms with van der Waals surface area (Å²) in [6.45, 7) is 1.75. The molecule has 18 heavy (non-hydrogen) atoms. The average molecular weight is 274 g/mol. The molecule has 0 bridgehead atoms. The zero-order chi connectivity index (χ0) is 13.2. The summed E-state index contributed by atoms with van der Waals surface area (Å²) >= 11 is 0. The van der Waals surface area contributed by atoms with Crippen LogP contribution in [0, 0.1) is 5.92 Å². The molecule has 2 fully saturated rings. The highest BCUT2D eigenvalue weighted by molar-refractivity contribution is 7.91. The molecule has 0 saturated carbocycles. The molecular formula is C12H22N2O3S. The molecule has 6 heteroatoms. The summed E-state index contributed by atoms with van der Waals surface area (Å²) in [4.78, 5) is 14.1. The summed E-state index contributed by atoms with van der Waals surface area (Å²) in [5.74, 6) is 0.685. The number of carbonyl (C=O) groups excluding carboxylic acids is 1. The molecule has 0 aromatic carbocycles. The highest BCUT2D eigenvalue weighted by Gasteiger charge is 2.31. The first kappa shape index (κ1) is 13.8. The maximum Gasteiger partial charge on any atom is 0.226 e. The monoisotopic (exact) mass is 274 g/mol. The minimum absolute atomic E-state index is 0.0716. The highest BCUT2D eigenvalue weighted by Crippen LogP contribution is 2.20. The molecule has 1 unspecified atom stereocenters. The molecule has 2 heterocycles. The second-order valence-electron chi connectivity index (χ2n) is 5.38. The lowest BCUT2D eigenvalue weighted by atomic mass is 9.97. The van der Waals surface area contributed by atoms with Crippen molar-refractivity contribution in [3.8, 4) is 0 Å². The molecule has 1 amide bonds. The molecule has 0 aliphatic carbocycles. The van der Waals surface area contributed by atoms with Crippen molar-refractivity contribution in [2.75, 3.05) is 31.6 Å². The lowest BCUT2D eigenvalue weighted by molar-refractivity contribution is -0.137. The Hall–Kier alpha value is -0.620. The van der Waals surface area contributed by atoms with Crippen molar-refractivity contribution < 1.29 is 13.2 Å². The number of amides is 1. The van der Waals surface area contributed by atoms with Gasteiger partial charge in [0, 0.05) is 19.6 Å². The van der Waals surface area contributed by atoms with Crippen LogP contribution >= 0.6 is 0 Å². The first-order valence-electron chi connectivity index (χ1n) is 6.67. The summed E-state index contributed by atoms with van der Waals surface area (Å²) in [6, 6.07) is 0.1000. The number of hydrogen-bond donors (Lipinski definition) is 1. The smallest absolute Gasteiger partial charge is 0.226 e. The van der Waals surface area contributed by atoms with Gasteiger partial charge >= 0.3 is 0 Å². The van der Waals surface area contributed by atoms with Gasteiger partial charge < -0.3 is 10.2 Å². The summed E-state index contributed by atoms with van der Waals surface area (Å²) in [5, 5.41) is 3.24. The van der Waals surface area contributed by atoms with E-state index in [0.717, 1.165) is 25.9 Å². The van der Waals surface area contributed by atoms with Crippen LogP contribution in [0.2, 0.25) is 0 Å². The van der Waals surface area contributed by atoms with Crippen LogP contribution in [0.5, 0.6) is 0 Å². The van der Waals surface area contributed by atoms with Crippen LogP contribution < -0.4 is 5.32 Å². The summed E-state index contributed by atoms with van der Waals surface area (Å²) in [5.41, 5.74) is 0. The van der Waals surface area contributed by atoms with Gasteiger partial charge in [0.25, 0.3) is 0 Å². The van der Waals surface area contributed by atoms with E-state index in [0.29, 0.717) is 12.8 Å². The van der Waals surface area contributed by atoms with Crippen molar-refractivity contribution in [3.63, 3.8) is 0 Å². The molecule has 2 rings (SSSR count). The molecule has 0 aromatic rings. The molecule has 2 aliphatic rings. The minimum Gasteiger partial charge on any atom is -0.342 e. The lowest BCUT2D eigenvalue weighted by Crippen LogP contribution is -2.47. The fourth-order valence-electron chi connectivity index (χ4n) is 2.80. The highest BCUT2D eigenvalue weighted by atomic mass is 32.2. The maximum absolute atomic E-state index is 12.3. The van der Waals surface area contributed by atoms with E-state index in [9.17, 15) is 13.2 Å². The predicted octanol–water partition coefficient (Wildman–Crippen LogP) is 0.0216. The van der Waals surface area contributed by atoms with E-state index in [1.165, 1.54) is 0 Å². The number of nitrogens with zero attached hydrogens (tertiary/aromatic N) is 1. The van der Waals surface area contributed by atoms with Crippen LogP contribution in [-0.4, -0.2) is 56.9 Å². The SMILES string of the molecule is CN(C(=O)C1CCCNC1)C1CCS(=O)(=O)CC1. The molecular weight excluding hydrogens is 252 g/mol. The van der Waals surface area contributed by atoms with Gasteiger partial charge in [-0.3, -0.25) is 4.79 Å². The van der Waals surface area contributed by atoms with E-state index in [1.807, 2.05) is 7.05 Å². The van der Waals surface area contributed by atoms with Crippen molar-refractivity contribution in [1.29, 1.82) is 0 Å². The van der Waals surface area contributed by atoms with E-state index in [4.69, 9.17) is 0 Å². The van der Waals surface area contributed by atoms with Crippen molar-refractivity contribution in [2.45, 2.75) is 31.7 Å². The standard InChI is InChI=1S/C12H22N2O3S/c1-14(11-4-7-18(16,17)8-5-11)12(15)10-3-2-6-13-9-10/h10-11,13H,2-9H2,1H3. The fraction of sp³-hybridized carbons (Fsp3) is 0.917. The van der Waals surface area contributed by atoms with Gasteiger partial charge in [0.1, 0.15) is 9.84 Å². The summed E-state index contributed by atoms with van der Waals surface area (Å²) in [7, 11) is -1.03. The maximum atomic E-state index is 12.3. The number of hydrogen-bond acceptors (Lipinski definition) is 4. The quantitative estimate of drug-likeness (QED) is 0.771. The number of rotatable bonds is 2. The Balaban J connectivity index is 1.90. The third-order valence-electron chi connectivity index (χ3n) is 4.07. The summed E-state index contributed by atoms with van der Waals surface area (Å²) < 4.78 is 22.8. The number of sulfone groups is 1. The van der Waals surface area contributed by atoms with E-state index in [1.54, 1.807) is 4.90 Å². The van der Waals surface area contributed by atoms with Crippen molar-refractivity contribution in [2.24, 2.45) is 5.92 Å². The van der Waals surface area contributed by atoms with Gasteiger partial charge in [0.15, 0.2) is 0 Å². The Bertz CT molecular complexity index is 388. The predicted molar refractivity (Wildman–Crippen MR) is 70.0 cm³/mol. The van der Waals surface area contributed by atoms with Gasteiger partial charge in [-0.2, -0.15) is 0 Å². The van der Waals surface area contributed by atoms with Crippen LogP contribution in [0.25, 0.3) is 0 Å². The average Bonchev–Trinajstić information content (AvgIpc) is 2.38. The normalized spacial score (nSPS) is 28.8. The van der Waals surface area contributed by atoms with E-state index < -0.39 is 9.84 Å². The minimum atomic E-state index is -2.85. The zero-order valence-corrected chi connectivity index (χ0v) is 11.7. The molecule has 1 atom stereocenters. The fourth-order valence-corrected chi connectivity index (χ4v) is 4.26. The molecule has 5 nitrogen and oxygen atoms in total. The molecule has 104 valence electrons. The molecule has 0 spiro atoms. The molecule has 0 radical (unpaired) electrons. The van der Waals surface area contributed by atoms with Gasteiger partial charge in [-0.05, 0) is 32.2 Å². The second-order valence-corrected chi connectivity index (χ2v) is 7.68. The van der Waals surface area contributed by atoms with E-state index in [2.05, 4.69) is 5.32 Å². The van der Waals surface area contributed by atoms with Crippen LogP contribution in [0.4, 0.5) is 0 Å². The molecule has 2 aliphatic heterocycles. The third-order valence-corrected chi connectivity index (χ3v) is 5.78. The number of nitrogens with one attached hydrogen (secondary N) is 1. The molecule has 0 aromatic heterocycles. The molecule has 2 saturated heterocycles. The van der Waals surface area contributed by atoms with Crippen molar-refractivity contribution in [3.05, 3.63) is 0 Å². The van der Waals surface area contributed by atoms with Crippen LogP contribution in [-0.2, 0) is 14.6 Å². The van der Waals surface area contributed by atoms with E-state index >= 15 is 0 Å². The first-order chi connectivity index (χ1) is 8.49. The Morgan fingerprint density at radius 1 is 1.22 bits per heavy atom. The summed E-state index contributed by atoms with van der Waals surface area (Å²) in [6.07, 6.45) is 3.17. The van der Waals surface area contributed by atoms with E-state index in [-0.39, 0.29) is 29.4 Å². The van der Waals surface area contributed by atoms with Gasteiger partial charge in [0.2, 0.25) is 5.91 Å². The molecule has 1 N–H and O–H groups in total. The van der Waals surface area contributed by atoms with Gasteiger partial charge in [0.05, 0.1) is 17.4 Å². The topological polar surface area (TPSA) is 66.5 Å². The van der Waals surface area contributed by atoms with Gasteiger partial charge in [-0.15, -0.1) is 0 Å². The Morgan fingerprint density at radius 2 is 1.89 bits per heavy atom. The number of piperidine rings is 1. The Labute approximate surface area is 109 Å². The zero-order valence-electron chi connectivity index (χ0n) is 10.9. The van der Waals surface area contributed by atoms with Gasteiger partial charge in [-0.25, -0.2) is 8.42 Å². The first-order valence-corrected chi connectivity index (χ1v) is 8.49. The van der Waals surface area contributed by atoms with Gasteiger partial charge in [-0.1, -0.05) is 0 Å². The van der Waals surface area contributed by atoms with Crippen LogP contribution in [0.3, 0.4) is 0 Å². The largest absolute Gasteiger partial charge is 0.342 e. The van der Waals surface area contributed by atoms with Crippen LogP contribution in [0.1, 0.15) is 25.7 Å². The van der Waals surface area contributed by atoms with Crippen molar-refractivity contribution in [1.82, 2.24) is 10.2 Å². The van der Waals surface area contributed by atoms with Crippen LogP contribution in [0.15, 0.2) is 0 Å². The third kappa shape index (κ3) is 3.23. The van der Waals surface area contributed by atoms with Crippen molar-refractivity contribution >= 4 is 15.7 Å². The Morgan fingerprint density at radius 3 is 2.44 bits per heavy atom. The second kappa shape index (κ2) is 5.57.